The van der Waals surface area contributed by atoms with E-state index >= 15 is 0 Å². The molecule has 0 bridgehead atoms. The molecule has 0 aromatic carbocycles. The van der Waals surface area contributed by atoms with Gasteiger partial charge in [-0.25, -0.2) is 0 Å². The lowest BCUT2D eigenvalue weighted by Gasteiger charge is -2.38. The Bertz CT molecular complexity index is 314. The van der Waals surface area contributed by atoms with Crippen LogP contribution in [0.5, 0.6) is 0 Å². The molecule has 2 rings (SSSR count). The fourth-order valence-corrected chi connectivity index (χ4v) is 3.72. The summed E-state index contributed by atoms with van der Waals surface area (Å²) in [5, 5.41) is 0. The first kappa shape index (κ1) is 14.8. The molecule has 1 aliphatic heterocycles. The van der Waals surface area contributed by atoms with Gasteiger partial charge in [-0.2, -0.15) is 0 Å². The molecule has 110 valence electrons. The van der Waals surface area contributed by atoms with Crippen LogP contribution in [0.1, 0.15) is 65.2 Å². The molecule has 2 atom stereocenters. The first-order valence-electron chi connectivity index (χ1n) is 8.00. The van der Waals surface area contributed by atoms with Gasteiger partial charge in [-0.05, 0) is 43.4 Å². The zero-order chi connectivity index (χ0) is 13.9. The molecule has 1 saturated heterocycles. The highest BCUT2D eigenvalue weighted by Gasteiger charge is 2.29. The van der Waals surface area contributed by atoms with Gasteiger partial charge in [-0.15, -0.1) is 0 Å². The van der Waals surface area contributed by atoms with Crippen LogP contribution in [-0.4, -0.2) is 29.9 Å². The topological polar surface area (TPSA) is 46.3 Å². The van der Waals surface area contributed by atoms with Crippen molar-refractivity contribution in [1.82, 2.24) is 4.90 Å². The van der Waals surface area contributed by atoms with Gasteiger partial charge >= 0.3 is 0 Å². The van der Waals surface area contributed by atoms with Crippen molar-refractivity contribution in [1.29, 1.82) is 0 Å². The Morgan fingerprint density at radius 3 is 2.79 bits per heavy atom. The van der Waals surface area contributed by atoms with Gasteiger partial charge in [-0.1, -0.05) is 26.7 Å². The highest BCUT2D eigenvalue weighted by Crippen LogP contribution is 2.30. The normalized spacial score (nSPS) is 31.2. The van der Waals surface area contributed by atoms with Crippen molar-refractivity contribution in [3.05, 3.63) is 0 Å². The lowest BCUT2D eigenvalue weighted by atomic mass is 9.82. The summed E-state index contributed by atoms with van der Waals surface area (Å²) in [5.41, 5.74) is 6.32. The van der Waals surface area contributed by atoms with Crippen molar-refractivity contribution in [3.8, 4) is 0 Å². The smallest absolute Gasteiger partial charge is 0.222 e. The minimum atomic E-state index is 0.307. The Morgan fingerprint density at radius 2 is 2.11 bits per heavy atom. The lowest BCUT2D eigenvalue weighted by molar-refractivity contribution is -0.134. The summed E-state index contributed by atoms with van der Waals surface area (Å²) in [6.45, 7) is 6.45. The van der Waals surface area contributed by atoms with Crippen LogP contribution in [0.2, 0.25) is 0 Å². The van der Waals surface area contributed by atoms with Crippen LogP contribution >= 0.6 is 0 Å². The Hall–Kier alpha value is -0.570. The van der Waals surface area contributed by atoms with E-state index in [2.05, 4.69) is 18.7 Å². The summed E-state index contributed by atoms with van der Waals surface area (Å²) in [7, 11) is 0. The summed E-state index contributed by atoms with van der Waals surface area (Å²) < 4.78 is 0. The SMILES string of the molecule is CC1(C)CCCN(C(=O)CCC2CCCC(N)C2)C1. The maximum atomic E-state index is 12.3. The van der Waals surface area contributed by atoms with Gasteiger partial charge in [0.15, 0.2) is 0 Å². The van der Waals surface area contributed by atoms with Crippen LogP contribution in [0, 0.1) is 11.3 Å². The number of carbonyl (C=O) groups excluding carboxylic acids is 1. The predicted molar refractivity (Wildman–Crippen MR) is 78.8 cm³/mol. The van der Waals surface area contributed by atoms with Crippen LogP contribution in [0.25, 0.3) is 0 Å². The summed E-state index contributed by atoms with van der Waals surface area (Å²) in [6.07, 6.45) is 8.99. The monoisotopic (exact) mass is 266 g/mol. The van der Waals surface area contributed by atoms with E-state index in [1.54, 1.807) is 0 Å². The molecule has 0 aromatic rings. The maximum absolute atomic E-state index is 12.3. The Kier molecular flexibility index (Phi) is 4.88. The highest BCUT2D eigenvalue weighted by molar-refractivity contribution is 5.76. The lowest BCUT2D eigenvalue weighted by Crippen LogP contribution is -2.43. The van der Waals surface area contributed by atoms with Crippen LogP contribution in [-0.2, 0) is 4.79 Å². The fourth-order valence-electron chi connectivity index (χ4n) is 3.72. The van der Waals surface area contributed by atoms with Gasteiger partial charge in [0, 0.05) is 25.6 Å². The number of carbonyl (C=O) groups is 1. The van der Waals surface area contributed by atoms with Gasteiger partial charge in [0.2, 0.25) is 5.91 Å². The van der Waals surface area contributed by atoms with E-state index in [-0.39, 0.29) is 0 Å². The minimum absolute atomic E-state index is 0.307. The zero-order valence-electron chi connectivity index (χ0n) is 12.7. The van der Waals surface area contributed by atoms with E-state index in [4.69, 9.17) is 5.73 Å². The largest absolute Gasteiger partial charge is 0.342 e. The zero-order valence-corrected chi connectivity index (χ0v) is 12.7. The van der Waals surface area contributed by atoms with Gasteiger partial charge in [0.1, 0.15) is 0 Å². The summed E-state index contributed by atoms with van der Waals surface area (Å²) in [6, 6.07) is 0.378. The van der Waals surface area contributed by atoms with Crippen LogP contribution in [0.15, 0.2) is 0 Å². The second-order valence-electron chi connectivity index (χ2n) is 7.41. The van der Waals surface area contributed by atoms with E-state index < -0.39 is 0 Å². The van der Waals surface area contributed by atoms with Crippen LogP contribution in [0.4, 0.5) is 0 Å². The van der Waals surface area contributed by atoms with E-state index in [0.717, 1.165) is 38.8 Å². The number of nitrogens with two attached hydrogens (primary N) is 1. The molecule has 3 heteroatoms. The van der Waals surface area contributed by atoms with Gasteiger partial charge in [-0.3, -0.25) is 4.79 Å². The average Bonchev–Trinajstić information content (AvgIpc) is 2.35. The summed E-state index contributed by atoms with van der Waals surface area (Å²) in [5.74, 6) is 1.05. The molecule has 2 N–H and O–H groups in total. The Labute approximate surface area is 117 Å². The molecule has 0 spiro atoms. The van der Waals surface area contributed by atoms with Crippen molar-refractivity contribution < 1.29 is 4.79 Å². The molecule has 1 amide bonds. The Balaban J connectivity index is 1.74. The number of nitrogens with zero attached hydrogens (tertiary/aromatic N) is 1. The molecule has 2 fully saturated rings. The van der Waals surface area contributed by atoms with E-state index in [9.17, 15) is 4.79 Å². The molecule has 2 unspecified atom stereocenters. The third-order valence-electron chi connectivity index (χ3n) is 4.84. The third-order valence-corrected chi connectivity index (χ3v) is 4.84. The number of piperidine rings is 1. The predicted octanol–water partition coefficient (Wildman–Crippen LogP) is 2.93. The van der Waals surface area contributed by atoms with Crippen molar-refractivity contribution in [2.45, 2.75) is 71.3 Å². The first-order chi connectivity index (χ1) is 8.96. The number of hydrogen-bond donors (Lipinski definition) is 1. The molecule has 0 aromatic heterocycles. The third kappa shape index (κ3) is 4.48. The Morgan fingerprint density at radius 1 is 1.32 bits per heavy atom. The number of amides is 1. The minimum Gasteiger partial charge on any atom is -0.342 e. The molecular formula is C16H30N2O. The second kappa shape index (κ2) is 6.25. The van der Waals surface area contributed by atoms with Crippen molar-refractivity contribution in [3.63, 3.8) is 0 Å². The molecule has 1 saturated carbocycles. The van der Waals surface area contributed by atoms with Crippen molar-refractivity contribution in [2.75, 3.05) is 13.1 Å². The second-order valence-corrected chi connectivity index (χ2v) is 7.41. The summed E-state index contributed by atoms with van der Waals surface area (Å²) in [4.78, 5) is 14.4. The molecule has 1 aliphatic carbocycles. The molecule has 1 heterocycles. The summed E-state index contributed by atoms with van der Waals surface area (Å²) >= 11 is 0. The van der Waals surface area contributed by atoms with E-state index in [1.807, 2.05) is 0 Å². The first-order valence-corrected chi connectivity index (χ1v) is 8.00. The maximum Gasteiger partial charge on any atom is 0.222 e. The average molecular weight is 266 g/mol. The van der Waals surface area contributed by atoms with Crippen LogP contribution in [0.3, 0.4) is 0 Å². The van der Waals surface area contributed by atoms with Gasteiger partial charge in [0.25, 0.3) is 0 Å². The highest BCUT2D eigenvalue weighted by atomic mass is 16.2. The molecule has 2 aliphatic rings. The van der Waals surface area contributed by atoms with Gasteiger partial charge < -0.3 is 10.6 Å². The van der Waals surface area contributed by atoms with Crippen LogP contribution < -0.4 is 5.73 Å². The molecule has 3 nitrogen and oxygen atoms in total. The molecule has 0 radical (unpaired) electrons. The molecule has 19 heavy (non-hydrogen) atoms. The fraction of sp³-hybridized carbons (Fsp3) is 0.938. The standard InChI is InChI=1S/C16H30N2O/c1-16(2)9-4-10-18(12-16)15(19)8-7-13-5-3-6-14(17)11-13/h13-14H,3-12,17H2,1-2H3. The van der Waals surface area contributed by atoms with E-state index in [1.165, 1.54) is 25.7 Å². The number of likely N-dealkylation sites (tertiary alicyclic amines) is 1. The van der Waals surface area contributed by atoms with Crippen molar-refractivity contribution in [2.24, 2.45) is 17.1 Å². The van der Waals surface area contributed by atoms with Gasteiger partial charge in [0.05, 0.1) is 0 Å². The molecular weight excluding hydrogens is 236 g/mol. The number of hydrogen-bond acceptors (Lipinski definition) is 2. The quantitative estimate of drug-likeness (QED) is 0.853. The van der Waals surface area contributed by atoms with Crippen molar-refractivity contribution >= 4 is 5.91 Å². The number of rotatable bonds is 3. The van der Waals surface area contributed by atoms with E-state index in [0.29, 0.717) is 23.3 Å².